The summed E-state index contributed by atoms with van der Waals surface area (Å²) in [6.07, 6.45) is 0.496. The van der Waals surface area contributed by atoms with Crippen LogP contribution in [0.3, 0.4) is 0 Å². The molecule has 2 aromatic rings. The van der Waals surface area contributed by atoms with E-state index in [0.29, 0.717) is 18.7 Å². The molecule has 1 saturated heterocycles. The number of likely N-dealkylation sites (tertiary alicyclic amines) is 1. The van der Waals surface area contributed by atoms with Crippen molar-refractivity contribution in [2.45, 2.75) is 31.9 Å². The predicted molar refractivity (Wildman–Crippen MR) is 91.1 cm³/mol. The lowest BCUT2D eigenvalue weighted by Gasteiger charge is -2.36. The molecule has 0 amide bonds. The molecule has 1 aromatic carbocycles. The van der Waals surface area contributed by atoms with Crippen LogP contribution in [0.2, 0.25) is 0 Å². The number of aliphatic hydroxyl groups excluding tert-OH is 1. The Balaban J connectivity index is 1.69. The van der Waals surface area contributed by atoms with Crippen LogP contribution in [0.15, 0.2) is 35.7 Å². The smallest absolute Gasteiger partial charge is 0.336 e. The van der Waals surface area contributed by atoms with Gasteiger partial charge in [-0.1, -0.05) is 18.2 Å². The second kappa shape index (κ2) is 6.83. The highest BCUT2D eigenvalue weighted by Gasteiger charge is 2.30. The van der Waals surface area contributed by atoms with Crippen LogP contribution in [-0.4, -0.2) is 40.3 Å². The zero-order chi connectivity index (χ0) is 16.4. The van der Waals surface area contributed by atoms with E-state index >= 15 is 0 Å². The summed E-state index contributed by atoms with van der Waals surface area (Å²) in [5, 5.41) is 21.9. The van der Waals surface area contributed by atoms with E-state index in [1.165, 1.54) is 10.4 Å². The number of carboxylic acids is 1. The predicted octanol–water partition coefficient (Wildman–Crippen LogP) is 3.11. The topological polar surface area (TPSA) is 60.8 Å². The number of carbonyl (C=O) groups is 1. The van der Waals surface area contributed by atoms with Crippen LogP contribution in [0, 0.1) is 6.92 Å². The second-order valence-corrected chi connectivity index (χ2v) is 7.08. The summed E-state index contributed by atoms with van der Waals surface area (Å²) >= 11 is 1.72. The molecule has 1 fully saturated rings. The van der Waals surface area contributed by atoms with Crippen molar-refractivity contribution < 1.29 is 15.0 Å². The fraction of sp³-hybridized carbons (Fsp3) is 0.389. The van der Waals surface area contributed by atoms with Crippen molar-refractivity contribution in [1.82, 2.24) is 4.90 Å². The van der Waals surface area contributed by atoms with E-state index in [1.807, 2.05) is 12.1 Å². The second-order valence-electron chi connectivity index (χ2n) is 6.13. The Morgan fingerprint density at radius 3 is 2.78 bits per heavy atom. The van der Waals surface area contributed by atoms with Gasteiger partial charge in [-0.05, 0) is 48.5 Å². The number of β-amino-alcohol motifs (C(OH)–C–C–N with tert-alkyl or cyclic N) is 1. The number of nitrogens with zero attached hydrogens (tertiary/aromatic N) is 1. The van der Waals surface area contributed by atoms with E-state index in [-0.39, 0.29) is 5.92 Å². The highest BCUT2D eigenvalue weighted by molar-refractivity contribution is 7.10. The molecular formula is C18H21NO3S. The molecule has 0 radical (unpaired) electrons. The molecular weight excluding hydrogens is 310 g/mol. The summed E-state index contributed by atoms with van der Waals surface area (Å²) in [5.74, 6) is -0.703. The van der Waals surface area contributed by atoms with Gasteiger partial charge in [-0.25, -0.2) is 4.79 Å². The first-order valence-electron chi connectivity index (χ1n) is 7.82. The molecule has 2 N–H and O–H groups in total. The van der Waals surface area contributed by atoms with Gasteiger partial charge in [-0.15, -0.1) is 11.3 Å². The minimum absolute atomic E-state index is 0.195. The number of hydrogen-bond donors (Lipinski definition) is 2. The molecule has 5 heteroatoms. The highest BCUT2D eigenvalue weighted by atomic mass is 32.1. The number of hydrogen-bond acceptors (Lipinski definition) is 4. The summed E-state index contributed by atoms with van der Waals surface area (Å²) < 4.78 is 0. The van der Waals surface area contributed by atoms with Crippen LogP contribution >= 0.6 is 11.3 Å². The Bertz CT molecular complexity index is 697. The SMILES string of the molecule is Cc1ccsc1[C@@H]1CCN(Cc2ccccc2C(=O)O)C[C@H]1O. The summed E-state index contributed by atoms with van der Waals surface area (Å²) in [4.78, 5) is 14.7. The Morgan fingerprint density at radius 1 is 1.35 bits per heavy atom. The van der Waals surface area contributed by atoms with Crippen LogP contribution in [0.5, 0.6) is 0 Å². The Hall–Kier alpha value is -1.69. The van der Waals surface area contributed by atoms with Gasteiger partial charge in [0.15, 0.2) is 0 Å². The average Bonchev–Trinajstić information content (AvgIpc) is 2.94. The lowest BCUT2D eigenvalue weighted by atomic mass is 9.90. The zero-order valence-electron chi connectivity index (χ0n) is 13.1. The van der Waals surface area contributed by atoms with Gasteiger partial charge in [-0.3, -0.25) is 4.90 Å². The van der Waals surface area contributed by atoms with Crippen LogP contribution in [0.1, 0.15) is 38.7 Å². The van der Waals surface area contributed by atoms with Crippen molar-refractivity contribution in [1.29, 1.82) is 0 Å². The zero-order valence-corrected chi connectivity index (χ0v) is 13.9. The Kier molecular flexibility index (Phi) is 4.80. The number of aryl methyl sites for hydroxylation is 1. The molecule has 4 nitrogen and oxygen atoms in total. The molecule has 2 atom stereocenters. The number of aromatic carboxylic acids is 1. The molecule has 1 aliphatic rings. The molecule has 0 bridgehead atoms. The van der Waals surface area contributed by atoms with Gasteiger partial charge in [0.05, 0.1) is 11.7 Å². The van der Waals surface area contributed by atoms with Crippen molar-refractivity contribution in [3.8, 4) is 0 Å². The van der Waals surface area contributed by atoms with Gasteiger partial charge >= 0.3 is 5.97 Å². The highest BCUT2D eigenvalue weighted by Crippen LogP contribution is 2.34. The number of aliphatic hydroxyl groups is 1. The first kappa shape index (κ1) is 16.2. The molecule has 0 spiro atoms. The number of thiophene rings is 1. The maximum absolute atomic E-state index is 11.3. The third-order valence-corrected chi connectivity index (χ3v) is 5.70. The summed E-state index contributed by atoms with van der Waals surface area (Å²) in [7, 11) is 0. The number of carboxylic acid groups (broad SMARTS) is 1. The Morgan fingerprint density at radius 2 is 2.13 bits per heavy atom. The summed E-state index contributed by atoms with van der Waals surface area (Å²) in [6.45, 7) is 4.10. The molecule has 2 heterocycles. The Labute approximate surface area is 140 Å². The molecule has 0 saturated carbocycles. The van der Waals surface area contributed by atoms with E-state index in [0.717, 1.165) is 18.5 Å². The summed E-state index contributed by atoms with van der Waals surface area (Å²) in [6, 6.07) is 9.19. The van der Waals surface area contributed by atoms with Crippen molar-refractivity contribution in [3.63, 3.8) is 0 Å². The van der Waals surface area contributed by atoms with Gasteiger partial charge in [-0.2, -0.15) is 0 Å². The maximum atomic E-state index is 11.3. The van der Waals surface area contributed by atoms with Crippen molar-refractivity contribution in [2.75, 3.05) is 13.1 Å². The quantitative estimate of drug-likeness (QED) is 0.904. The van der Waals surface area contributed by atoms with Crippen molar-refractivity contribution in [2.24, 2.45) is 0 Å². The van der Waals surface area contributed by atoms with Gasteiger partial charge < -0.3 is 10.2 Å². The van der Waals surface area contributed by atoms with Gasteiger partial charge in [0, 0.05) is 23.9 Å². The summed E-state index contributed by atoms with van der Waals surface area (Å²) in [5.41, 5.74) is 2.40. The van der Waals surface area contributed by atoms with E-state index in [2.05, 4.69) is 23.3 Å². The molecule has 1 aromatic heterocycles. The largest absolute Gasteiger partial charge is 0.478 e. The minimum atomic E-state index is -0.898. The minimum Gasteiger partial charge on any atom is -0.478 e. The number of rotatable bonds is 4. The third-order valence-electron chi connectivity index (χ3n) is 4.55. The number of benzene rings is 1. The van der Waals surface area contributed by atoms with Crippen LogP contribution in [-0.2, 0) is 6.54 Å². The first-order chi connectivity index (χ1) is 11.1. The monoisotopic (exact) mass is 331 g/mol. The maximum Gasteiger partial charge on any atom is 0.336 e. The van der Waals surface area contributed by atoms with Crippen LogP contribution in [0.4, 0.5) is 0 Å². The molecule has 122 valence electrons. The fourth-order valence-corrected chi connectivity index (χ4v) is 4.44. The van der Waals surface area contributed by atoms with Crippen LogP contribution < -0.4 is 0 Å². The third kappa shape index (κ3) is 3.47. The van der Waals surface area contributed by atoms with Crippen LogP contribution in [0.25, 0.3) is 0 Å². The average molecular weight is 331 g/mol. The number of piperidine rings is 1. The van der Waals surface area contributed by atoms with Gasteiger partial charge in [0.2, 0.25) is 0 Å². The van der Waals surface area contributed by atoms with E-state index in [1.54, 1.807) is 23.5 Å². The van der Waals surface area contributed by atoms with Crippen molar-refractivity contribution >= 4 is 17.3 Å². The molecule has 1 aliphatic heterocycles. The molecule has 0 aliphatic carbocycles. The fourth-order valence-electron chi connectivity index (χ4n) is 3.32. The lowest BCUT2D eigenvalue weighted by molar-refractivity contribution is 0.0481. The first-order valence-corrected chi connectivity index (χ1v) is 8.70. The van der Waals surface area contributed by atoms with E-state index < -0.39 is 12.1 Å². The van der Waals surface area contributed by atoms with E-state index in [4.69, 9.17) is 0 Å². The lowest BCUT2D eigenvalue weighted by Crippen LogP contribution is -2.42. The van der Waals surface area contributed by atoms with Crippen molar-refractivity contribution in [3.05, 3.63) is 57.3 Å². The standard InChI is InChI=1S/C18H21NO3S/c1-12-7-9-23-17(12)15-6-8-19(11-16(15)20)10-13-4-2-3-5-14(13)18(21)22/h2-5,7,9,15-16,20H,6,8,10-11H2,1H3,(H,21,22)/t15-,16-/m1/s1. The molecule has 0 unspecified atom stereocenters. The normalized spacial score (nSPS) is 22.2. The molecule has 3 rings (SSSR count). The van der Waals surface area contributed by atoms with Gasteiger partial charge in [0.25, 0.3) is 0 Å². The van der Waals surface area contributed by atoms with E-state index in [9.17, 15) is 15.0 Å². The van der Waals surface area contributed by atoms with Gasteiger partial charge in [0.1, 0.15) is 0 Å². The molecule has 23 heavy (non-hydrogen) atoms.